The minimum atomic E-state index is -0.456. The number of nitrogens with one attached hydrogen (secondary N) is 1. The fourth-order valence-electron chi connectivity index (χ4n) is 3.01. The largest absolute Gasteiger partial charge is 0.352 e. The molecule has 1 N–H and O–H groups in total. The van der Waals surface area contributed by atoms with E-state index in [2.05, 4.69) is 21.2 Å². The molecule has 1 fully saturated rings. The fourth-order valence-corrected chi connectivity index (χ4v) is 3.46. The molecule has 1 aromatic carbocycles. The normalized spacial score (nSPS) is 16.1. The van der Waals surface area contributed by atoms with Gasteiger partial charge in [0.1, 0.15) is 6.04 Å². The minimum Gasteiger partial charge on any atom is -0.352 e. The van der Waals surface area contributed by atoms with E-state index in [-0.39, 0.29) is 17.9 Å². The number of halogens is 1. The second-order valence-corrected chi connectivity index (χ2v) is 7.09. The maximum Gasteiger partial charge on any atom is 0.242 e. The molecule has 1 saturated carbocycles. The third-order valence-electron chi connectivity index (χ3n) is 4.41. The molecular formula is C18H25BrN2O2. The molecule has 0 aliphatic heterocycles. The summed E-state index contributed by atoms with van der Waals surface area (Å²) in [7, 11) is 0. The predicted molar refractivity (Wildman–Crippen MR) is 94.8 cm³/mol. The second kappa shape index (κ2) is 8.48. The number of amides is 2. The first kappa shape index (κ1) is 18.0. The monoisotopic (exact) mass is 380 g/mol. The van der Waals surface area contributed by atoms with Crippen LogP contribution in [0.2, 0.25) is 0 Å². The van der Waals surface area contributed by atoms with Gasteiger partial charge in [-0.05, 0) is 37.5 Å². The summed E-state index contributed by atoms with van der Waals surface area (Å²) in [6, 6.07) is 7.67. The third kappa shape index (κ3) is 5.06. The molecular weight excluding hydrogens is 356 g/mol. The van der Waals surface area contributed by atoms with E-state index in [9.17, 15) is 9.59 Å². The lowest BCUT2D eigenvalue weighted by Gasteiger charge is -2.29. The molecule has 1 aromatic rings. The van der Waals surface area contributed by atoms with Crippen LogP contribution in [0.15, 0.2) is 28.7 Å². The minimum absolute atomic E-state index is 0.000882. The standard InChI is InChI=1S/C18H25BrN2O2/c1-3-17(22)21(12-14-7-6-8-15(19)11-14)13(2)18(23)20-16-9-4-5-10-16/h6-8,11,13,16H,3-5,9-10,12H2,1-2H3,(H,20,23)/t13-/m0/s1. The van der Waals surface area contributed by atoms with Crippen LogP contribution in [0.1, 0.15) is 51.5 Å². The number of hydrogen-bond acceptors (Lipinski definition) is 2. The first-order valence-electron chi connectivity index (χ1n) is 8.35. The summed E-state index contributed by atoms with van der Waals surface area (Å²) < 4.78 is 0.974. The van der Waals surface area contributed by atoms with E-state index >= 15 is 0 Å². The molecule has 1 atom stereocenters. The van der Waals surface area contributed by atoms with Crippen molar-refractivity contribution in [3.8, 4) is 0 Å². The van der Waals surface area contributed by atoms with Gasteiger partial charge in [-0.25, -0.2) is 0 Å². The lowest BCUT2D eigenvalue weighted by atomic mass is 10.1. The highest BCUT2D eigenvalue weighted by Crippen LogP contribution is 2.19. The van der Waals surface area contributed by atoms with Crippen LogP contribution in [-0.4, -0.2) is 28.8 Å². The number of carbonyl (C=O) groups is 2. The van der Waals surface area contributed by atoms with E-state index in [0.29, 0.717) is 13.0 Å². The van der Waals surface area contributed by atoms with Gasteiger partial charge >= 0.3 is 0 Å². The molecule has 2 amide bonds. The van der Waals surface area contributed by atoms with Crippen molar-refractivity contribution in [1.82, 2.24) is 10.2 Å². The Morgan fingerprint density at radius 1 is 1.35 bits per heavy atom. The summed E-state index contributed by atoms with van der Waals surface area (Å²) in [4.78, 5) is 26.5. The van der Waals surface area contributed by atoms with E-state index in [4.69, 9.17) is 0 Å². The molecule has 0 radical (unpaired) electrons. The molecule has 4 nitrogen and oxygen atoms in total. The molecule has 126 valence electrons. The Bertz CT molecular complexity index is 556. The lowest BCUT2D eigenvalue weighted by Crippen LogP contribution is -2.49. The summed E-state index contributed by atoms with van der Waals surface area (Å²) in [5.74, 6) is -0.0484. The van der Waals surface area contributed by atoms with Crippen LogP contribution in [0.3, 0.4) is 0 Å². The fraction of sp³-hybridized carbons (Fsp3) is 0.556. The smallest absolute Gasteiger partial charge is 0.242 e. The summed E-state index contributed by atoms with van der Waals surface area (Å²) in [6.07, 6.45) is 4.84. The molecule has 0 unspecified atom stereocenters. The van der Waals surface area contributed by atoms with Gasteiger partial charge in [0, 0.05) is 23.5 Å². The highest BCUT2D eigenvalue weighted by atomic mass is 79.9. The van der Waals surface area contributed by atoms with Crippen molar-refractivity contribution in [1.29, 1.82) is 0 Å². The van der Waals surface area contributed by atoms with Crippen molar-refractivity contribution < 1.29 is 9.59 Å². The van der Waals surface area contributed by atoms with Crippen LogP contribution in [0.5, 0.6) is 0 Å². The Hall–Kier alpha value is -1.36. The second-order valence-electron chi connectivity index (χ2n) is 6.17. The number of benzene rings is 1. The maximum absolute atomic E-state index is 12.5. The van der Waals surface area contributed by atoms with E-state index in [1.165, 1.54) is 12.8 Å². The van der Waals surface area contributed by atoms with E-state index in [1.807, 2.05) is 38.1 Å². The molecule has 0 spiro atoms. The van der Waals surface area contributed by atoms with Gasteiger partial charge in [-0.1, -0.05) is 47.8 Å². The molecule has 0 aromatic heterocycles. The third-order valence-corrected chi connectivity index (χ3v) is 4.91. The van der Waals surface area contributed by atoms with Gasteiger partial charge in [0.2, 0.25) is 11.8 Å². The zero-order valence-corrected chi connectivity index (χ0v) is 15.4. The van der Waals surface area contributed by atoms with Gasteiger partial charge in [0.15, 0.2) is 0 Å². The SMILES string of the molecule is CCC(=O)N(Cc1cccc(Br)c1)[C@@H](C)C(=O)NC1CCCC1. The number of nitrogens with zero attached hydrogens (tertiary/aromatic N) is 1. The van der Waals surface area contributed by atoms with E-state index in [1.54, 1.807) is 4.90 Å². The van der Waals surface area contributed by atoms with Crippen molar-refractivity contribution in [2.45, 2.75) is 64.6 Å². The lowest BCUT2D eigenvalue weighted by molar-refractivity contribution is -0.140. The number of carbonyl (C=O) groups excluding carboxylic acids is 2. The predicted octanol–water partition coefficient (Wildman–Crippen LogP) is 3.64. The summed E-state index contributed by atoms with van der Waals surface area (Å²) >= 11 is 3.45. The van der Waals surface area contributed by atoms with Crippen LogP contribution in [0.4, 0.5) is 0 Å². The average molecular weight is 381 g/mol. The van der Waals surface area contributed by atoms with Crippen molar-refractivity contribution in [3.63, 3.8) is 0 Å². The van der Waals surface area contributed by atoms with Gasteiger partial charge in [0.05, 0.1) is 0 Å². The highest BCUT2D eigenvalue weighted by Gasteiger charge is 2.27. The van der Waals surface area contributed by atoms with Crippen LogP contribution in [0, 0.1) is 0 Å². The Kier molecular flexibility index (Phi) is 6.63. The van der Waals surface area contributed by atoms with Crippen molar-refractivity contribution in [2.75, 3.05) is 0 Å². The van der Waals surface area contributed by atoms with Gasteiger partial charge < -0.3 is 10.2 Å². The van der Waals surface area contributed by atoms with Gasteiger partial charge in [0.25, 0.3) is 0 Å². The Morgan fingerprint density at radius 2 is 2.04 bits per heavy atom. The first-order valence-corrected chi connectivity index (χ1v) is 9.15. The topological polar surface area (TPSA) is 49.4 Å². The van der Waals surface area contributed by atoms with Crippen LogP contribution in [-0.2, 0) is 16.1 Å². The van der Waals surface area contributed by atoms with Crippen LogP contribution < -0.4 is 5.32 Å². The number of rotatable bonds is 6. The van der Waals surface area contributed by atoms with Gasteiger partial charge in [-0.2, -0.15) is 0 Å². The average Bonchev–Trinajstić information content (AvgIpc) is 3.04. The van der Waals surface area contributed by atoms with Gasteiger partial charge in [-0.3, -0.25) is 9.59 Å². The first-order chi connectivity index (χ1) is 11.0. The molecule has 0 saturated heterocycles. The zero-order valence-electron chi connectivity index (χ0n) is 13.8. The molecule has 5 heteroatoms. The molecule has 2 rings (SSSR count). The zero-order chi connectivity index (χ0) is 16.8. The molecule has 23 heavy (non-hydrogen) atoms. The Balaban J connectivity index is 2.06. The van der Waals surface area contributed by atoms with Crippen LogP contribution in [0.25, 0.3) is 0 Å². The van der Waals surface area contributed by atoms with Crippen molar-refractivity contribution in [3.05, 3.63) is 34.3 Å². The van der Waals surface area contributed by atoms with Crippen LogP contribution >= 0.6 is 15.9 Å². The number of hydrogen-bond donors (Lipinski definition) is 1. The summed E-state index contributed by atoms with van der Waals surface area (Å²) in [6.45, 7) is 4.10. The highest BCUT2D eigenvalue weighted by molar-refractivity contribution is 9.10. The molecule has 0 bridgehead atoms. The summed E-state index contributed by atoms with van der Waals surface area (Å²) in [5, 5.41) is 3.09. The van der Waals surface area contributed by atoms with Crippen molar-refractivity contribution >= 4 is 27.7 Å². The van der Waals surface area contributed by atoms with Crippen molar-refractivity contribution in [2.24, 2.45) is 0 Å². The van der Waals surface area contributed by atoms with E-state index in [0.717, 1.165) is 22.9 Å². The summed E-state index contributed by atoms with van der Waals surface area (Å²) in [5.41, 5.74) is 1.02. The molecule has 1 aliphatic rings. The molecule has 1 aliphatic carbocycles. The maximum atomic E-state index is 12.5. The van der Waals surface area contributed by atoms with E-state index < -0.39 is 6.04 Å². The van der Waals surface area contributed by atoms with Gasteiger partial charge in [-0.15, -0.1) is 0 Å². The molecule has 0 heterocycles. The Morgan fingerprint density at radius 3 is 2.65 bits per heavy atom. The quantitative estimate of drug-likeness (QED) is 0.818. The Labute approximate surface area is 146 Å².